The minimum Gasteiger partial charge on any atom is -0.457 e. The van der Waals surface area contributed by atoms with Crippen molar-refractivity contribution in [3.8, 4) is 11.5 Å². The van der Waals surface area contributed by atoms with Gasteiger partial charge in [0.25, 0.3) is 0 Å². The fourth-order valence-corrected chi connectivity index (χ4v) is 9.13. The zero-order valence-electron chi connectivity index (χ0n) is 18.2. The first-order chi connectivity index (χ1) is 14.9. The fourth-order valence-electron chi connectivity index (χ4n) is 3.07. The highest BCUT2D eigenvalue weighted by Crippen LogP contribution is 2.32. The standard InChI is InChI=1S/C18H24N2O9S4/c1-30(21,22)19(31(2,23)24)14-18(20(32(3,25)26)33(4,27)28)15-9-8-12-17(13-15)29-16-10-6-5-7-11-16/h5-13,18H,14H2,1-4H3. The van der Waals surface area contributed by atoms with Crippen LogP contribution < -0.4 is 4.74 Å². The molecule has 0 fully saturated rings. The lowest BCUT2D eigenvalue weighted by Crippen LogP contribution is -2.46. The van der Waals surface area contributed by atoms with Crippen molar-refractivity contribution in [3.05, 3.63) is 60.2 Å². The molecular formula is C18H24N2O9S4. The van der Waals surface area contributed by atoms with Gasteiger partial charge in [0.1, 0.15) is 11.5 Å². The summed E-state index contributed by atoms with van der Waals surface area (Å²) in [6.45, 7) is -1.01. The highest BCUT2D eigenvalue weighted by atomic mass is 32.3. The van der Waals surface area contributed by atoms with E-state index in [0.717, 1.165) is 0 Å². The number of rotatable bonds is 10. The molecule has 2 aromatic rings. The van der Waals surface area contributed by atoms with Crippen LogP contribution in [0.1, 0.15) is 11.6 Å². The van der Waals surface area contributed by atoms with E-state index >= 15 is 0 Å². The smallest absolute Gasteiger partial charge is 0.224 e. The van der Waals surface area contributed by atoms with Crippen molar-refractivity contribution in [2.24, 2.45) is 0 Å². The Hall–Kier alpha value is -2.04. The van der Waals surface area contributed by atoms with Crippen LogP contribution in [0.25, 0.3) is 0 Å². The Bertz CT molecular complexity index is 1360. The van der Waals surface area contributed by atoms with Gasteiger partial charge in [0.15, 0.2) is 0 Å². The van der Waals surface area contributed by atoms with Gasteiger partial charge in [0.2, 0.25) is 40.1 Å². The summed E-state index contributed by atoms with van der Waals surface area (Å²) in [5.74, 6) is 0.624. The van der Waals surface area contributed by atoms with Gasteiger partial charge >= 0.3 is 0 Å². The molecule has 2 rings (SSSR count). The van der Waals surface area contributed by atoms with Crippen molar-refractivity contribution in [1.29, 1.82) is 0 Å². The molecule has 0 radical (unpaired) electrons. The lowest BCUT2D eigenvalue weighted by atomic mass is 10.1. The monoisotopic (exact) mass is 540 g/mol. The van der Waals surface area contributed by atoms with Gasteiger partial charge in [-0.15, -0.1) is 0 Å². The molecule has 0 bridgehead atoms. The van der Waals surface area contributed by atoms with Crippen LogP contribution in [0.5, 0.6) is 11.5 Å². The molecule has 0 saturated heterocycles. The Morgan fingerprint density at radius 3 is 1.61 bits per heavy atom. The largest absolute Gasteiger partial charge is 0.457 e. The molecule has 0 N–H and O–H groups in total. The summed E-state index contributed by atoms with van der Waals surface area (Å²) < 4.78 is 104. The second kappa shape index (κ2) is 9.68. The van der Waals surface area contributed by atoms with E-state index in [1.54, 1.807) is 30.3 Å². The third-order valence-electron chi connectivity index (χ3n) is 4.19. The molecule has 0 aliphatic carbocycles. The Labute approximate surface area is 194 Å². The second-order valence-corrected chi connectivity index (χ2v) is 15.2. The molecule has 15 heteroatoms. The van der Waals surface area contributed by atoms with Crippen LogP contribution in [0.4, 0.5) is 0 Å². The lowest BCUT2D eigenvalue weighted by molar-refractivity contribution is 0.387. The SMILES string of the molecule is CS(=O)(=O)N(CC(c1cccc(Oc2ccccc2)c1)N(S(C)(=O)=O)S(C)(=O)=O)S(C)(=O)=O. The number of sulfonamides is 4. The maximum atomic E-state index is 12.4. The van der Waals surface area contributed by atoms with E-state index in [1.807, 2.05) is 0 Å². The summed E-state index contributed by atoms with van der Waals surface area (Å²) in [4.78, 5) is 0. The van der Waals surface area contributed by atoms with Crippen molar-refractivity contribution in [2.45, 2.75) is 6.04 Å². The fraction of sp³-hybridized carbons (Fsp3) is 0.333. The Morgan fingerprint density at radius 1 is 0.667 bits per heavy atom. The predicted molar refractivity (Wildman–Crippen MR) is 124 cm³/mol. The molecule has 0 heterocycles. The van der Waals surface area contributed by atoms with E-state index in [1.165, 1.54) is 24.3 Å². The highest BCUT2D eigenvalue weighted by molar-refractivity contribution is 8.04. The van der Waals surface area contributed by atoms with Crippen molar-refractivity contribution in [3.63, 3.8) is 0 Å². The third kappa shape index (κ3) is 7.48. The Balaban J connectivity index is 2.71. The van der Waals surface area contributed by atoms with Crippen molar-refractivity contribution >= 4 is 40.1 Å². The molecule has 33 heavy (non-hydrogen) atoms. The van der Waals surface area contributed by atoms with E-state index in [-0.39, 0.29) is 18.7 Å². The number of para-hydroxylation sites is 1. The van der Waals surface area contributed by atoms with Crippen LogP contribution in [-0.4, -0.2) is 72.7 Å². The molecule has 0 amide bonds. The van der Waals surface area contributed by atoms with E-state index in [2.05, 4.69) is 0 Å². The average molecular weight is 541 g/mol. The number of nitrogens with zero attached hydrogens (tertiary/aromatic N) is 2. The van der Waals surface area contributed by atoms with Crippen molar-refractivity contribution in [2.75, 3.05) is 31.6 Å². The van der Waals surface area contributed by atoms with Crippen LogP contribution in [0.3, 0.4) is 0 Å². The topological polar surface area (TPSA) is 152 Å². The van der Waals surface area contributed by atoms with Gasteiger partial charge in [-0.2, -0.15) is 0 Å². The summed E-state index contributed by atoms with van der Waals surface area (Å²) in [7, 11) is -17.8. The van der Waals surface area contributed by atoms with Crippen LogP contribution in [0.15, 0.2) is 54.6 Å². The van der Waals surface area contributed by atoms with Gasteiger partial charge in [-0.05, 0) is 29.8 Å². The number of hydrogen-bond acceptors (Lipinski definition) is 9. The highest BCUT2D eigenvalue weighted by Gasteiger charge is 2.41. The normalized spacial score (nSPS) is 14.4. The summed E-state index contributed by atoms with van der Waals surface area (Å²) in [5, 5.41) is 0. The first-order valence-corrected chi connectivity index (χ1v) is 16.5. The van der Waals surface area contributed by atoms with Gasteiger partial charge in [-0.3, -0.25) is 0 Å². The van der Waals surface area contributed by atoms with E-state index in [9.17, 15) is 33.7 Å². The summed E-state index contributed by atoms with van der Waals surface area (Å²) in [6, 6.07) is 12.4. The van der Waals surface area contributed by atoms with Crippen molar-refractivity contribution < 1.29 is 38.4 Å². The van der Waals surface area contributed by atoms with Crippen molar-refractivity contribution in [1.82, 2.24) is 7.42 Å². The molecule has 1 unspecified atom stereocenters. The summed E-state index contributed by atoms with van der Waals surface area (Å²) in [5.41, 5.74) is -0.00317. The summed E-state index contributed by atoms with van der Waals surface area (Å²) in [6.07, 6.45) is 2.48. The van der Waals surface area contributed by atoms with E-state index < -0.39 is 52.7 Å². The Kier molecular flexibility index (Phi) is 7.98. The minimum absolute atomic E-state index is 0.00317. The maximum absolute atomic E-state index is 12.4. The molecule has 1 atom stereocenters. The zero-order valence-corrected chi connectivity index (χ0v) is 21.4. The number of hydrogen-bond donors (Lipinski definition) is 0. The van der Waals surface area contributed by atoms with Gasteiger partial charge in [-0.1, -0.05) is 37.8 Å². The van der Waals surface area contributed by atoms with Crippen LogP contribution in [0, 0.1) is 0 Å². The van der Waals surface area contributed by atoms with Crippen LogP contribution in [0.2, 0.25) is 0 Å². The number of ether oxygens (including phenoxy) is 1. The molecule has 184 valence electrons. The van der Waals surface area contributed by atoms with Gasteiger partial charge < -0.3 is 4.74 Å². The van der Waals surface area contributed by atoms with Crippen LogP contribution >= 0.6 is 0 Å². The second-order valence-electron chi connectivity index (χ2n) is 7.24. The molecule has 0 aromatic heterocycles. The molecule has 0 spiro atoms. The first-order valence-electron chi connectivity index (χ1n) is 9.11. The van der Waals surface area contributed by atoms with Gasteiger partial charge in [-0.25, -0.2) is 33.7 Å². The van der Waals surface area contributed by atoms with Gasteiger partial charge in [0.05, 0.1) is 37.6 Å². The van der Waals surface area contributed by atoms with Gasteiger partial charge in [0, 0.05) is 0 Å². The predicted octanol–water partition coefficient (Wildman–Crippen LogP) is 0.962. The van der Waals surface area contributed by atoms with Crippen LogP contribution in [-0.2, 0) is 40.1 Å². The molecule has 0 aliphatic heterocycles. The first kappa shape index (κ1) is 27.2. The average Bonchev–Trinajstić information content (AvgIpc) is 2.61. The quantitative estimate of drug-likeness (QED) is 0.429. The lowest BCUT2D eigenvalue weighted by Gasteiger charge is -2.31. The number of benzene rings is 2. The summed E-state index contributed by atoms with van der Waals surface area (Å²) >= 11 is 0. The molecular weight excluding hydrogens is 516 g/mol. The zero-order chi connectivity index (χ0) is 25.2. The maximum Gasteiger partial charge on any atom is 0.224 e. The van der Waals surface area contributed by atoms with E-state index in [0.29, 0.717) is 30.8 Å². The minimum atomic E-state index is -4.49. The Morgan fingerprint density at radius 2 is 1.15 bits per heavy atom. The molecule has 11 nitrogen and oxygen atoms in total. The third-order valence-corrected chi connectivity index (χ3v) is 11.0. The molecule has 0 saturated carbocycles. The molecule has 0 aliphatic rings. The molecule has 2 aromatic carbocycles. The van der Waals surface area contributed by atoms with E-state index in [4.69, 9.17) is 4.74 Å².